The molecule has 0 N–H and O–H groups in total. The first-order valence-electron chi connectivity index (χ1n) is 5.56. The minimum absolute atomic E-state index is 0.131. The van der Waals surface area contributed by atoms with E-state index in [1.54, 1.807) is 11.3 Å². The molecular formula is C12H19NO2S. The summed E-state index contributed by atoms with van der Waals surface area (Å²) < 4.78 is 4.63. The van der Waals surface area contributed by atoms with Crippen LogP contribution in [0.4, 0.5) is 0 Å². The van der Waals surface area contributed by atoms with E-state index in [2.05, 4.69) is 33.4 Å². The van der Waals surface area contributed by atoms with E-state index in [1.165, 1.54) is 12.7 Å². The lowest BCUT2D eigenvalue weighted by Crippen LogP contribution is -2.28. The van der Waals surface area contributed by atoms with Crippen LogP contribution in [0, 0.1) is 0 Å². The number of carbonyl (C=O) groups is 1. The summed E-state index contributed by atoms with van der Waals surface area (Å²) in [5.41, 5.74) is 1.38. The van der Waals surface area contributed by atoms with Crippen molar-refractivity contribution in [1.82, 2.24) is 4.90 Å². The lowest BCUT2D eigenvalue weighted by molar-refractivity contribution is -0.140. The zero-order valence-corrected chi connectivity index (χ0v) is 10.8. The normalized spacial score (nSPS) is 10.7. The minimum atomic E-state index is -0.131. The molecule has 1 rings (SSSR count). The van der Waals surface area contributed by atoms with E-state index in [4.69, 9.17) is 0 Å². The zero-order chi connectivity index (χ0) is 11.8. The Morgan fingerprint density at radius 2 is 2.31 bits per heavy atom. The predicted octanol–water partition coefficient (Wildman–Crippen LogP) is 2.18. The average Bonchev–Trinajstić information content (AvgIpc) is 2.81. The molecule has 1 aromatic heterocycles. The van der Waals surface area contributed by atoms with Gasteiger partial charge in [-0.15, -0.1) is 0 Å². The Balaban J connectivity index is 2.23. The molecule has 4 heteroatoms. The van der Waals surface area contributed by atoms with Gasteiger partial charge in [-0.05, 0) is 35.4 Å². The van der Waals surface area contributed by atoms with Crippen molar-refractivity contribution in [3.63, 3.8) is 0 Å². The van der Waals surface area contributed by atoms with Crippen LogP contribution < -0.4 is 0 Å². The molecule has 0 radical (unpaired) electrons. The molecule has 0 aliphatic heterocycles. The molecule has 0 aromatic carbocycles. The Hall–Kier alpha value is -0.870. The Kier molecular flexibility index (Phi) is 6.11. The number of hydrogen-bond donors (Lipinski definition) is 0. The number of hydrogen-bond acceptors (Lipinski definition) is 4. The molecule has 0 atom stereocenters. The van der Waals surface area contributed by atoms with Crippen molar-refractivity contribution in [2.45, 2.75) is 19.8 Å². The van der Waals surface area contributed by atoms with Crippen LogP contribution >= 0.6 is 11.3 Å². The quantitative estimate of drug-likeness (QED) is 0.685. The molecule has 0 amide bonds. The maximum atomic E-state index is 11.0. The van der Waals surface area contributed by atoms with Crippen LogP contribution in [-0.4, -0.2) is 37.6 Å². The maximum Gasteiger partial charge on any atom is 0.306 e. The molecule has 0 saturated carbocycles. The fraction of sp³-hybridized carbons (Fsp3) is 0.583. The number of likely N-dealkylation sites (N-methyl/N-ethyl adjacent to an activating group) is 1. The van der Waals surface area contributed by atoms with E-state index in [9.17, 15) is 4.79 Å². The summed E-state index contributed by atoms with van der Waals surface area (Å²) in [6.45, 7) is 4.88. The summed E-state index contributed by atoms with van der Waals surface area (Å²) in [6, 6.07) is 2.15. The minimum Gasteiger partial charge on any atom is -0.469 e. The number of carbonyl (C=O) groups excluding carboxylic acids is 1. The first kappa shape index (κ1) is 13.2. The molecule has 1 heterocycles. The molecule has 3 nitrogen and oxygen atoms in total. The fourth-order valence-corrected chi connectivity index (χ4v) is 2.20. The lowest BCUT2D eigenvalue weighted by atomic mass is 10.2. The standard InChI is InChI=1S/C12H19NO2S/c1-3-13(8-5-12(14)15-2)7-4-11-6-9-16-10-11/h6,9-10H,3-5,7-8H2,1-2H3. The summed E-state index contributed by atoms with van der Waals surface area (Å²) in [5, 5.41) is 4.27. The Morgan fingerprint density at radius 3 is 2.88 bits per heavy atom. The molecule has 0 aliphatic carbocycles. The molecule has 90 valence electrons. The highest BCUT2D eigenvalue weighted by molar-refractivity contribution is 7.07. The Morgan fingerprint density at radius 1 is 1.50 bits per heavy atom. The summed E-state index contributed by atoms with van der Waals surface area (Å²) in [7, 11) is 1.43. The summed E-state index contributed by atoms with van der Waals surface area (Å²) in [6.07, 6.45) is 1.53. The monoisotopic (exact) mass is 241 g/mol. The van der Waals surface area contributed by atoms with Gasteiger partial charge in [-0.25, -0.2) is 0 Å². The van der Waals surface area contributed by atoms with E-state index >= 15 is 0 Å². The molecule has 0 saturated heterocycles. The Bertz CT molecular complexity index is 298. The third-order valence-electron chi connectivity index (χ3n) is 2.60. The Labute approximate surface area is 101 Å². The van der Waals surface area contributed by atoms with E-state index in [1.807, 2.05) is 0 Å². The molecule has 0 bridgehead atoms. The van der Waals surface area contributed by atoms with Gasteiger partial charge in [0.25, 0.3) is 0 Å². The van der Waals surface area contributed by atoms with Crippen molar-refractivity contribution < 1.29 is 9.53 Å². The summed E-state index contributed by atoms with van der Waals surface area (Å²) in [5.74, 6) is -0.131. The van der Waals surface area contributed by atoms with E-state index in [-0.39, 0.29) is 5.97 Å². The largest absolute Gasteiger partial charge is 0.469 e. The highest BCUT2D eigenvalue weighted by atomic mass is 32.1. The second kappa shape index (κ2) is 7.41. The topological polar surface area (TPSA) is 29.5 Å². The highest BCUT2D eigenvalue weighted by Crippen LogP contribution is 2.07. The SMILES string of the molecule is CCN(CCC(=O)OC)CCc1ccsc1. The maximum absolute atomic E-state index is 11.0. The van der Waals surface area contributed by atoms with E-state index in [0.717, 1.165) is 26.1 Å². The highest BCUT2D eigenvalue weighted by Gasteiger charge is 2.06. The van der Waals surface area contributed by atoms with Crippen LogP contribution in [0.15, 0.2) is 16.8 Å². The van der Waals surface area contributed by atoms with Gasteiger partial charge in [-0.1, -0.05) is 6.92 Å². The van der Waals surface area contributed by atoms with Gasteiger partial charge in [-0.3, -0.25) is 4.79 Å². The van der Waals surface area contributed by atoms with Crippen LogP contribution in [0.2, 0.25) is 0 Å². The molecule has 0 fully saturated rings. The average molecular weight is 241 g/mol. The van der Waals surface area contributed by atoms with Gasteiger partial charge < -0.3 is 9.64 Å². The number of rotatable bonds is 7. The summed E-state index contributed by atoms with van der Waals surface area (Å²) in [4.78, 5) is 13.3. The van der Waals surface area contributed by atoms with Crippen molar-refractivity contribution in [2.24, 2.45) is 0 Å². The van der Waals surface area contributed by atoms with Gasteiger partial charge in [0.1, 0.15) is 0 Å². The van der Waals surface area contributed by atoms with Crippen molar-refractivity contribution in [3.05, 3.63) is 22.4 Å². The van der Waals surface area contributed by atoms with Gasteiger partial charge in [0.2, 0.25) is 0 Å². The molecule has 16 heavy (non-hydrogen) atoms. The smallest absolute Gasteiger partial charge is 0.306 e. The van der Waals surface area contributed by atoms with Gasteiger partial charge in [-0.2, -0.15) is 11.3 Å². The third-order valence-corrected chi connectivity index (χ3v) is 3.34. The van der Waals surface area contributed by atoms with Crippen molar-refractivity contribution in [3.8, 4) is 0 Å². The van der Waals surface area contributed by atoms with E-state index < -0.39 is 0 Å². The molecule has 0 unspecified atom stereocenters. The van der Waals surface area contributed by atoms with Gasteiger partial charge >= 0.3 is 5.97 Å². The van der Waals surface area contributed by atoms with Crippen molar-refractivity contribution in [2.75, 3.05) is 26.7 Å². The molecule has 1 aromatic rings. The lowest BCUT2D eigenvalue weighted by Gasteiger charge is -2.19. The zero-order valence-electron chi connectivity index (χ0n) is 9.94. The number of nitrogens with zero attached hydrogens (tertiary/aromatic N) is 1. The number of thiophene rings is 1. The van der Waals surface area contributed by atoms with E-state index in [0.29, 0.717) is 6.42 Å². The molecular weight excluding hydrogens is 222 g/mol. The molecule has 0 aliphatic rings. The van der Waals surface area contributed by atoms with Gasteiger partial charge in [0.05, 0.1) is 13.5 Å². The third kappa shape index (κ3) is 4.77. The number of methoxy groups -OCH3 is 1. The molecule has 0 spiro atoms. The second-order valence-electron chi connectivity index (χ2n) is 3.64. The number of esters is 1. The fourth-order valence-electron chi connectivity index (χ4n) is 1.50. The van der Waals surface area contributed by atoms with Gasteiger partial charge in [0, 0.05) is 13.1 Å². The van der Waals surface area contributed by atoms with Crippen LogP contribution in [0.5, 0.6) is 0 Å². The summed E-state index contributed by atoms with van der Waals surface area (Å²) >= 11 is 1.73. The predicted molar refractivity (Wildman–Crippen MR) is 66.8 cm³/mol. The van der Waals surface area contributed by atoms with Crippen molar-refractivity contribution in [1.29, 1.82) is 0 Å². The first-order chi connectivity index (χ1) is 7.76. The van der Waals surface area contributed by atoms with Gasteiger partial charge in [0.15, 0.2) is 0 Å². The van der Waals surface area contributed by atoms with Crippen LogP contribution in [0.25, 0.3) is 0 Å². The van der Waals surface area contributed by atoms with Crippen molar-refractivity contribution >= 4 is 17.3 Å². The number of ether oxygens (including phenoxy) is 1. The van der Waals surface area contributed by atoms with Crippen LogP contribution in [-0.2, 0) is 16.0 Å². The first-order valence-corrected chi connectivity index (χ1v) is 6.50. The second-order valence-corrected chi connectivity index (χ2v) is 4.42. The van der Waals surface area contributed by atoms with Crippen LogP contribution in [0.1, 0.15) is 18.9 Å². The van der Waals surface area contributed by atoms with Crippen LogP contribution in [0.3, 0.4) is 0 Å².